The molecule has 18 heavy (non-hydrogen) atoms. The molecule has 0 aliphatic carbocycles. The van der Waals surface area contributed by atoms with Gasteiger partial charge in [0.1, 0.15) is 5.82 Å². The van der Waals surface area contributed by atoms with Gasteiger partial charge in [0.25, 0.3) is 0 Å². The van der Waals surface area contributed by atoms with Crippen molar-refractivity contribution in [3.05, 3.63) is 50.9 Å². The molecule has 0 saturated carbocycles. The Bertz CT molecular complexity index is 694. The molecule has 0 aliphatic heterocycles. The van der Waals surface area contributed by atoms with Crippen LogP contribution in [0.1, 0.15) is 5.56 Å². The third-order valence-corrected chi connectivity index (χ3v) is 2.10. The third-order valence-electron chi connectivity index (χ3n) is 2.10. The third kappa shape index (κ3) is 2.26. The summed E-state index contributed by atoms with van der Waals surface area (Å²) >= 11 is 0. The summed E-state index contributed by atoms with van der Waals surface area (Å²) in [5.41, 5.74) is -0.784. The average Bonchev–Trinajstić information content (AvgIpc) is 2.67. The van der Waals surface area contributed by atoms with Crippen molar-refractivity contribution < 1.29 is 9.90 Å². The molecule has 0 saturated heterocycles. The molecular formula is C10H8N4O4. The van der Waals surface area contributed by atoms with Crippen molar-refractivity contribution in [2.45, 2.75) is 0 Å². The number of aromatic amines is 2. The van der Waals surface area contributed by atoms with Crippen molar-refractivity contribution in [2.75, 3.05) is 0 Å². The van der Waals surface area contributed by atoms with E-state index in [1.165, 1.54) is 18.3 Å². The Kier molecular flexibility index (Phi) is 2.92. The van der Waals surface area contributed by atoms with E-state index in [9.17, 15) is 14.4 Å². The largest absolute Gasteiger partial charge is 0.478 e. The molecule has 2 heterocycles. The van der Waals surface area contributed by atoms with Crippen molar-refractivity contribution in [3.63, 3.8) is 0 Å². The summed E-state index contributed by atoms with van der Waals surface area (Å²) in [7, 11) is 0. The SMILES string of the molecule is O=C(O)/C=C/c1ccnc(-n2c(=O)[nH][nH]c2=O)c1. The van der Waals surface area contributed by atoms with Crippen LogP contribution in [0.5, 0.6) is 0 Å². The Morgan fingerprint density at radius 3 is 2.61 bits per heavy atom. The van der Waals surface area contributed by atoms with E-state index in [1.54, 1.807) is 6.07 Å². The van der Waals surface area contributed by atoms with E-state index >= 15 is 0 Å². The van der Waals surface area contributed by atoms with E-state index < -0.39 is 17.3 Å². The maximum Gasteiger partial charge on any atom is 0.350 e. The van der Waals surface area contributed by atoms with Crippen LogP contribution in [0.4, 0.5) is 0 Å². The molecule has 92 valence electrons. The van der Waals surface area contributed by atoms with Gasteiger partial charge in [-0.25, -0.2) is 29.6 Å². The standard InChI is InChI=1S/C10H8N4O4/c15-8(16)2-1-6-3-4-11-7(5-6)14-9(17)12-13-10(14)18/h1-5H,(H,12,17)(H,13,18)(H,15,16)/b2-1+. The molecule has 8 heteroatoms. The first kappa shape index (κ1) is 11.6. The average molecular weight is 248 g/mol. The fraction of sp³-hybridized carbons (Fsp3) is 0. The van der Waals surface area contributed by atoms with Gasteiger partial charge in [-0.3, -0.25) is 0 Å². The number of rotatable bonds is 3. The highest BCUT2D eigenvalue weighted by Gasteiger charge is 2.06. The van der Waals surface area contributed by atoms with Crippen LogP contribution in [0.25, 0.3) is 11.9 Å². The molecule has 0 atom stereocenters. The van der Waals surface area contributed by atoms with Gasteiger partial charge in [0, 0.05) is 12.3 Å². The number of carboxylic acid groups (broad SMARTS) is 1. The molecule has 0 amide bonds. The summed E-state index contributed by atoms with van der Waals surface area (Å²) in [6.45, 7) is 0. The van der Waals surface area contributed by atoms with E-state index in [0.717, 1.165) is 10.6 Å². The van der Waals surface area contributed by atoms with Gasteiger partial charge in [0.2, 0.25) is 0 Å². The maximum atomic E-state index is 11.3. The van der Waals surface area contributed by atoms with Crippen molar-refractivity contribution in [3.8, 4) is 5.82 Å². The summed E-state index contributed by atoms with van der Waals surface area (Å²) in [6, 6.07) is 2.97. The van der Waals surface area contributed by atoms with Gasteiger partial charge in [-0.1, -0.05) is 0 Å². The molecule has 3 N–H and O–H groups in total. The lowest BCUT2D eigenvalue weighted by Crippen LogP contribution is -2.25. The van der Waals surface area contributed by atoms with E-state index in [1.807, 2.05) is 0 Å². The summed E-state index contributed by atoms with van der Waals surface area (Å²) < 4.78 is 0.804. The van der Waals surface area contributed by atoms with Crippen LogP contribution >= 0.6 is 0 Å². The van der Waals surface area contributed by atoms with Gasteiger partial charge in [0.15, 0.2) is 0 Å². The minimum absolute atomic E-state index is 0.107. The summed E-state index contributed by atoms with van der Waals surface area (Å²) in [4.78, 5) is 36.9. The molecule has 0 radical (unpaired) electrons. The Morgan fingerprint density at radius 2 is 2.00 bits per heavy atom. The monoisotopic (exact) mass is 248 g/mol. The zero-order chi connectivity index (χ0) is 13.1. The molecule has 2 aromatic heterocycles. The molecule has 0 spiro atoms. The number of H-pyrrole nitrogens is 2. The Hall–Kier alpha value is -2.90. The predicted octanol–water partition coefficient (Wildman–Crippen LogP) is -0.653. The molecule has 8 nitrogen and oxygen atoms in total. The van der Waals surface area contributed by atoms with Gasteiger partial charge in [-0.15, -0.1) is 0 Å². The number of hydrogen-bond donors (Lipinski definition) is 3. The maximum absolute atomic E-state index is 11.3. The first-order valence-corrected chi connectivity index (χ1v) is 4.85. The number of aliphatic carboxylic acids is 1. The molecular weight excluding hydrogens is 240 g/mol. The van der Waals surface area contributed by atoms with Crippen molar-refractivity contribution >= 4 is 12.0 Å². The van der Waals surface area contributed by atoms with E-state index in [0.29, 0.717) is 5.56 Å². The van der Waals surface area contributed by atoms with Gasteiger partial charge < -0.3 is 5.11 Å². The zero-order valence-corrected chi connectivity index (χ0v) is 8.95. The molecule has 0 aliphatic rings. The quantitative estimate of drug-likeness (QED) is 0.623. The highest BCUT2D eigenvalue weighted by Crippen LogP contribution is 2.05. The van der Waals surface area contributed by atoms with Crippen LogP contribution in [0.15, 0.2) is 34.0 Å². The van der Waals surface area contributed by atoms with Gasteiger partial charge >= 0.3 is 17.3 Å². The second-order valence-electron chi connectivity index (χ2n) is 3.31. The topological polar surface area (TPSA) is 121 Å². The lowest BCUT2D eigenvalue weighted by Gasteiger charge is -1.99. The van der Waals surface area contributed by atoms with Crippen LogP contribution < -0.4 is 11.4 Å². The second kappa shape index (κ2) is 4.53. The van der Waals surface area contributed by atoms with Crippen molar-refractivity contribution in [1.29, 1.82) is 0 Å². The van der Waals surface area contributed by atoms with Crippen LogP contribution in [0.2, 0.25) is 0 Å². The highest BCUT2D eigenvalue weighted by molar-refractivity contribution is 5.85. The molecule has 0 aromatic carbocycles. The van der Waals surface area contributed by atoms with Gasteiger partial charge in [-0.2, -0.15) is 4.57 Å². The molecule has 0 bridgehead atoms. The fourth-order valence-corrected chi connectivity index (χ4v) is 1.35. The summed E-state index contributed by atoms with van der Waals surface area (Å²) in [6.07, 6.45) is 3.65. The Balaban J connectivity index is 2.48. The Labute approximate surface area is 99.2 Å². The Morgan fingerprint density at radius 1 is 1.33 bits per heavy atom. The van der Waals surface area contributed by atoms with E-state index in [-0.39, 0.29) is 5.82 Å². The normalized spacial score (nSPS) is 10.9. The smallest absolute Gasteiger partial charge is 0.350 e. The van der Waals surface area contributed by atoms with Gasteiger partial charge in [-0.05, 0) is 23.8 Å². The fourth-order valence-electron chi connectivity index (χ4n) is 1.35. The zero-order valence-electron chi connectivity index (χ0n) is 8.95. The number of nitrogens with one attached hydrogen (secondary N) is 2. The highest BCUT2D eigenvalue weighted by atomic mass is 16.4. The number of pyridine rings is 1. The van der Waals surface area contributed by atoms with E-state index in [4.69, 9.17) is 5.11 Å². The van der Waals surface area contributed by atoms with Crippen molar-refractivity contribution in [2.24, 2.45) is 0 Å². The first-order chi connectivity index (χ1) is 8.58. The number of nitrogens with zero attached hydrogens (tertiary/aromatic N) is 2. The minimum atomic E-state index is -1.09. The van der Waals surface area contributed by atoms with Crippen molar-refractivity contribution in [1.82, 2.24) is 19.7 Å². The predicted molar refractivity (Wildman–Crippen MR) is 61.5 cm³/mol. The van der Waals surface area contributed by atoms with Crippen LogP contribution in [0.3, 0.4) is 0 Å². The molecule has 0 unspecified atom stereocenters. The summed E-state index contributed by atoms with van der Waals surface area (Å²) in [5.74, 6) is -0.986. The number of carbonyl (C=O) groups is 1. The lowest BCUT2D eigenvalue weighted by molar-refractivity contribution is -0.131. The molecule has 2 rings (SSSR count). The minimum Gasteiger partial charge on any atom is -0.478 e. The first-order valence-electron chi connectivity index (χ1n) is 4.85. The number of hydrogen-bond acceptors (Lipinski definition) is 4. The second-order valence-corrected chi connectivity index (χ2v) is 3.31. The van der Waals surface area contributed by atoms with E-state index in [2.05, 4.69) is 15.2 Å². The lowest BCUT2D eigenvalue weighted by atomic mass is 10.2. The molecule has 0 fully saturated rings. The number of aromatic nitrogens is 4. The summed E-state index contributed by atoms with van der Waals surface area (Å²) in [5, 5.41) is 12.7. The number of carboxylic acids is 1. The van der Waals surface area contributed by atoms with Gasteiger partial charge in [0.05, 0.1) is 0 Å². The van der Waals surface area contributed by atoms with Crippen LogP contribution in [-0.4, -0.2) is 30.8 Å². The van der Waals surface area contributed by atoms with Crippen LogP contribution in [0, 0.1) is 0 Å². The molecule has 2 aromatic rings. The van der Waals surface area contributed by atoms with Crippen LogP contribution in [-0.2, 0) is 4.79 Å².